The van der Waals surface area contributed by atoms with E-state index >= 15 is 0 Å². The quantitative estimate of drug-likeness (QED) is 0.680. The predicted molar refractivity (Wildman–Crippen MR) is 107 cm³/mol. The van der Waals surface area contributed by atoms with Crippen molar-refractivity contribution in [3.63, 3.8) is 0 Å². The highest BCUT2D eigenvalue weighted by Crippen LogP contribution is 2.36. The molecule has 0 saturated heterocycles. The van der Waals surface area contributed by atoms with Gasteiger partial charge in [-0.2, -0.15) is 0 Å². The Morgan fingerprint density at radius 1 is 1.30 bits per heavy atom. The summed E-state index contributed by atoms with van der Waals surface area (Å²) in [6.07, 6.45) is 7.23. The summed E-state index contributed by atoms with van der Waals surface area (Å²) in [5.41, 5.74) is 4.05. The van der Waals surface area contributed by atoms with Gasteiger partial charge in [-0.15, -0.1) is 0 Å². The number of amides is 1. The summed E-state index contributed by atoms with van der Waals surface area (Å²) in [5.74, 6) is 1.08. The van der Waals surface area contributed by atoms with Crippen LogP contribution in [0.25, 0.3) is 17.5 Å². The van der Waals surface area contributed by atoms with Crippen LogP contribution in [0.2, 0.25) is 0 Å². The lowest BCUT2D eigenvalue weighted by Gasteiger charge is -2.13. The topological polar surface area (TPSA) is 84.2 Å². The highest BCUT2D eigenvalue weighted by Gasteiger charge is 2.27. The molecule has 2 N–H and O–H groups in total. The van der Waals surface area contributed by atoms with E-state index in [1.54, 1.807) is 12.4 Å². The van der Waals surface area contributed by atoms with E-state index in [0.29, 0.717) is 23.9 Å². The molecular weight excluding hydrogens is 340 g/mol. The van der Waals surface area contributed by atoms with Crippen molar-refractivity contribution in [2.45, 2.75) is 13.5 Å². The molecule has 0 aliphatic carbocycles. The number of carbonyl (C=O) groups is 1. The Labute approximate surface area is 156 Å². The second-order valence-electron chi connectivity index (χ2n) is 5.99. The third kappa shape index (κ3) is 2.89. The maximum atomic E-state index is 12.5. The number of nitrogens with zero attached hydrogens (tertiary/aromatic N) is 4. The molecule has 0 radical (unpaired) electrons. The van der Waals surface area contributed by atoms with Crippen LogP contribution in [0.5, 0.6) is 0 Å². The Bertz CT molecular complexity index is 1050. The molecule has 0 fully saturated rings. The molecule has 1 aliphatic rings. The van der Waals surface area contributed by atoms with E-state index in [2.05, 4.69) is 32.3 Å². The first-order chi connectivity index (χ1) is 13.2. The minimum absolute atomic E-state index is 0.107. The Kier molecular flexibility index (Phi) is 4.25. The van der Waals surface area contributed by atoms with Crippen LogP contribution in [0.1, 0.15) is 22.8 Å². The van der Waals surface area contributed by atoms with Crippen LogP contribution < -0.4 is 10.6 Å². The Morgan fingerprint density at radius 2 is 2.19 bits per heavy atom. The molecular formula is C20H18N6O. The van der Waals surface area contributed by atoms with Crippen LogP contribution in [0.3, 0.4) is 0 Å². The number of fused-ring (bicyclic) bond motifs is 1. The molecule has 1 aliphatic heterocycles. The molecule has 0 unspecified atom stereocenters. The van der Waals surface area contributed by atoms with E-state index in [0.717, 1.165) is 22.5 Å². The highest BCUT2D eigenvalue weighted by atomic mass is 16.1. The first-order valence-electron chi connectivity index (χ1n) is 8.52. The van der Waals surface area contributed by atoms with Gasteiger partial charge in [-0.05, 0) is 37.4 Å². The maximum absolute atomic E-state index is 12.5. The number of aliphatic imine (C=N–C) groups is 1. The van der Waals surface area contributed by atoms with Crippen molar-refractivity contribution in [2.24, 2.45) is 4.99 Å². The van der Waals surface area contributed by atoms with Gasteiger partial charge < -0.3 is 10.6 Å². The van der Waals surface area contributed by atoms with Gasteiger partial charge >= 0.3 is 0 Å². The molecule has 2 aromatic heterocycles. The standard InChI is InChI=1S/C20H18N6O/c1-3-10-26-16(12-24-20(26)21-2)13-7-8-15(18-14(13)11-23-19(18)27)25-17-6-4-5-9-22-17/h3-10,12H,2,11H2,1H3,(H,22,25)(H,23,27)/b10-3-. The lowest BCUT2D eigenvalue weighted by molar-refractivity contribution is 0.0966. The normalized spacial score (nSPS) is 12.9. The second-order valence-corrected chi connectivity index (χ2v) is 5.99. The fraction of sp³-hybridized carbons (Fsp3) is 0.100. The molecule has 0 atom stereocenters. The van der Waals surface area contributed by atoms with Gasteiger partial charge in [0.05, 0.1) is 23.1 Å². The summed E-state index contributed by atoms with van der Waals surface area (Å²) in [4.78, 5) is 25.0. The van der Waals surface area contributed by atoms with E-state index in [-0.39, 0.29) is 5.91 Å². The number of aromatic nitrogens is 3. The molecule has 134 valence electrons. The van der Waals surface area contributed by atoms with E-state index in [4.69, 9.17) is 0 Å². The molecule has 27 heavy (non-hydrogen) atoms. The van der Waals surface area contributed by atoms with Crippen molar-refractivity contribution in [3.05, 3.63) is 59.9 Å². The van der Waals surface area contributed by atoms with Gasteiger partial charge in [0.1, 0.15) is 5.82 Å². The fourth-order valence-electron chi connectivity index (χ4n) is 3.23. The van der Waals surface area contributed by atoms with Gasteiger partial charge in [-0.3, -0.25) is 9.36 Å². The minimum Gasteiger partial charge on any atom is -0.348 e. The van der Waals surface area contributed by atoms with Gasteiger partial charge in [0.2, 0.25) is 5.95 Å². The average Bonchev–Trinajstić information content (AvgIpc) is 3.27. The molecule has 7 heteroatoms. The van der Waals surface area contributed by atoms with Crippen LogP contribution in [0, 0.1) is 0 Å². The molecule has 7 nitrogen and oxygen atoms in total. The summed E-state index contributed by atoms with van der Waals surface area (Å²) in [6, 6.07) is 9.47. The number of benzene rings is 1. The first-order valence-corrected chi connectivity index (χ1v) is 8.52. The van der Waals surface area contributed by atoms with Gasteiger partial charge in [-0.1, -0.05) is 18.2 Å². The minimum atomic E-state index is -0.107. The van der Waals surface area contributed by atoms with E-state index in [9.17, 15) is 4.79 Å². The molecule has 0 saturated carbocycles. The summed E-state index contributed by atoms with van der Waals surface area (Å²) in [5, 5.41) is 6.14. The summed E-state index contributed by atoms with van der Waals surface area (Å²) < 4.78 is 1.86. The number of hydrogen-bond donors (Lipinski definition) is 2. The first kappa shape index (κ1) is 16.7. The van der Waals surface area contributed by atoms with Gasteiger partial charge in [0, 0.05) is 24.5 Å². The molecule has 0 bridgehead atoms. The maximum Gasteiger partial charge on any atom is 0.254 e. The number of carbonyl (C=O) groups excluding carboxylic acids is 1. The van der Waals surface area contributed by atoms with Gasteiger partial charge in [0.15, 0.2) is 0 Å². The zero-order chi connectivity index (χ0) is 18.8. The summed E-state index contributed by atoms with van der Waals surface area (Å²) in [6.45, 7) is 5.96. The molecule has 4 rings (SSSR count). The molecule has 3 aromatic rings. The van der Waals surface area contributed by atoms with Crippen LogP contribution in [-0.4, -0.2) is 27.2 Å². The smallest absolute Gasteiger partial charge is 0.254 e. The molecule has 1 amide bonds. The van der Waals surface area contributed by atoms with Crippen molar-refractivity contribution < 1.29 is 4.79 Å². The van der Waals surface area contributed by atoms with Crippen molar-refractivity contribution in [2.75, 3.05) is 5.32 Å². The van der Waals surface area contributed by atoms with E-state index in [1.807, 2.05) is 54.1 Å². The number of imidazole rings is 1. The van der Waals surface area contributed by atoms with Crippen molar-refractivity contribution in [3.8, 4) is 11.3 Å². The van der Waals surface area contributed by atoms with E-state index in [1.165, 1.54) is 0 Å². The predicted octanol–water partition coefficient (Wildman–Crippen LogP) is 3.75. The number of hydrogen-bond acceptors (Lipinski definition) is 5. The molecule has 0 spiro atoms. The Morgan fingerprint density at radius 3 is 2.93 bits per heavy atom. The lowest BCUT2D eigenvalue weighted by atomic mass is 9.99. The SMILES string of the molecule is C=Nc1ncc(-c2ccc(Nc3ccccn3)c3c2CNC3=O)n1/C=C\C. The number of anilines is 2. The van der Waals surface area contributed by atoms with Crippen molar-refractivity contribution >= 4 is 36.3 Å². The van der Waals surface area contributed by atoms with E-state index < -0.39 is 0 Å². The third-order valence-electron chi connectivity index (χ3n) is 4.39. The largest absolute Gasteiger partial charge is 0.348 e. The Balaban J connectivity index is 1.85. The number of allylic oxidation sites excluding steroid dienone is 1. The lowest BCUT2D eigenvalue weighted by Crippen LogP contribution is -2.13. The zero-order valence-electron chi connectivity index (χ0n) is 14.8. The monoisotopic (exact) mass is 358 g/mol. The Hall–Kier alpha value is -3.74. The number of pyridine rings is 1. The van der Waals surface area contributed by atoms with Crippen molar-refractivity contribution in [1.82, 2.24) is 19.9 Å². The highest BCUT2D eigenvalue weighted by molar-refractivity contribution is 6.06. The number of rotatable bonds is 5. The average molecular weight is 358 g/mol. The van der Waals surface area contributed by atoms with Crippen molar-refractivity contribution in [1.29, 1.82) is 0 Å². The van der Waals surface area contributed by atoms with Crippen LogP contribution in [-0.2, 0) is 6.54 Å². The van der Waals surface area contributed by atoms with Gasteiger partial charge in [0.25, 0.3) is 5.91 Å². The fourth-order valence-corrected chi connectivity index (χ4v) is 3.23. The van der Waals surface area contributed by atoms with Crippen LogP contribution in [0.4, 0.5) is 17.5 Å². The molecule has 1 aromatic carbocycles. The summed E-state index contributed by atoms with van der Waals surface area (Å²) in [7, 11) is 0. The van der Waals surface area contributed by atoms with Crippen LogP contribution in [0.15, 0.2) is 53.8 Å². The summed E-state index contributed by atoms with van der Waals surface area (Å²) >= 11 is 0. The van der Waals surface area contributed by atoms with Gasteiger partial charge in [-0.25, -0.2) is 15.0 Å². The zero-order valence-corrected chi connectivity index (χ0v) is 14.8. The molecule has 3 heterocycles. The third-order valence-corrected chi connectivity index (χ3v) is 4.39. The second kappa shape index (κ2) is 6.87. The van der Waals surface area contributed by atoms with Crippen LogP contribution >= 0.6 is 0 Å². The number of nitrogens with one attached hydrogen (secondary N) is 2.